The van der Waals surface area contributed by atoms with Gasteiger partial charge in [-0.15, -0.1) is 0 Å². The largest absolute Gasteiger partial charge is 0.358 e. The molecule has 108 valence electrons. The van der Waals surface area contributed by atoms with Crippen molar-refractivity contribution in [1.29, 1.82) is 0 Å². The Hall–Kier alpha value is -1.42. The molecule has 1 unspecified atom stereocenters. The van der Waals surface area contributed by atoms with Crippen molar-refractivity contribution >= 4 is 28.6 Å². The molecule has 1 atom stereocenters. The van der Waals surface area contributed by atoms with Gasteiger partial charge >= 0.3 is 0 Å². The number of hydrogen-bond acceptors (Lipinski definition) is 2. The first-order valence-electron chi connectivity index (χ1n) is 6.93. The number of benzene rings is 1. The third-order valence-electron chi connectivity index (χ3n) is 3.81. The Morgan fingerprint density at radius 3 is 2.85 bits per heavy atom. The van der Waals surface area contributed by atoms with Crippen LogP contribution in [0, 0.1) is 13.8 Å². The molecule has 4 heteroatoms. The molecule has 0 saturated carbocycles. The fraction of sp³-hybridized carbons (Fsp3) is 0.438. The van der Waals surface area contributed by atoms with E-state index in [1.54, 1.807) is 0 Å². The Balaban J connectivity index is 2.08. The molecule has 20 heavy (non-hydrogen) atoms. The number of amides is 1. The van der Waals surface area contributed by atoms with Crippen LogP contribution in [-0.4, -0.2) is 28.9 Å². The molecule has 0 radical (unpaired) electrons. The van der Waals surface area contributed by atoms with Gasteiger partial charge in [-0.3, -0.25) is 4.79 Å². The summed E-state index contributed by atoms with van der Waals surface area (Å²) in [4.78, 5) is 15.5. The van der Waals surface area contributed by atoms with Crippen LogP contribution in [0.3, 0.4) is 0 Å². The number of carbonyl (C=O) groups is 1. The van der Waals surface area contributed by atoms with Gasteiger partial charge in [-0.05, 0) is 50.3 Å². The molecule has 1 aromatic carbocycles. The number of H-pyrrole nitrogens is 1. The highest BCUT2D eigenvalue weighted by molar-refractivity contribution is 7.99. The van der Waals surface area contributed by atoms with Gasteiger partial charge < -0.3 is 10.3 Å². The van der Waals surface area contributed by atoms with E-state index in [1.807, 2.05) is 30.0 Å². The number of aromatic amines is 1. The number of thioether (sulfide) groups is 1. The molecule has 0 bridgehead atoms. The summed E-state index contributed by atoms with van der Waals surface area (Å²) in [7, 11) is 0. The molecule has 3 nitrogen and oxygen atoms in total. The van der Waals surface area contributed by atoms with E-state index in [-0.39, 0.29) is 5.91 Å². The van der Waals surface area contributed by atoms with Crippen molar-refractivity contribution in [2.24, 2.45) is 0 Å². The highest BCUT2D eigenvalue weighted by atomic mass is 32.2. The third-order valence-corrected chi connectivity index (χ3v) is 4.85. The lowest BCUT2D eigenvalue weighted by molar-refractivity contribution is 0.0953. The molecule has 1 amide bonds. The zero-order valence-electron chi connectivity index (χ0n) is 12.5. The van der Waals surface area contributed by atoms with Crippen molar-refractivity contribution in [2.75, 3.05) is 12.8 Å². The van der Waals surface area contributed by atoms with Crippen molar-refractivity contribution in [1.82, 2.24) is 10.3 Å². The van der Waals surface area contributed by atoms with Crippen molar-refractivity contribution < 1.29 is 4.79 Å². The van der Waals surface area contributed by atoms with Gasteiger partial charge in [0.05, 0.1) is 0 Å². The van der Waals surface area contributed by atoms with Crippen molar-refractivity contribution in [3.8, 4) is 0 Å². The minimum absolute atomic E-state index is 0.0125. The molecule has 0 aliphatic carbocycles. The van der Waals surface area contributed by atoms with Crippen molar-refractivity contribution in [2.45, 2.75) is 32.4 Å². The molecule has 2 aromatic rings. The standard InChI is InChI=1S/C16H22N2OS/c1-10(20-4)7-8-17-16(19)13-5-6-15-14(9-13)11(2)12(3)18-15/h5-6,9-10,18H,7-8H2,1-4H3,(H,17,19). The summed E-state index contributed by atoms with van der Waals surface area (Å²) in [6, 6.07) is 5.83. The maximum atomic E-state index is 12.1. The smallest absolute Gasteiger partial charge is 0.251 e. The van der Waals surface area contributed by atoms with E-state index in [9.17, 15) is 4.79 Å². The number of rotatable bonds is 5. The van der Waals surface area contributed by atoms with Crippen molar-refractivity contribution in [3.63, 3.8) is 0 Å². The zero-order valence-corrected chi connectivity index (χ0v) is 13.4. The molecule has 0 saturated heterocycles. The van der Waals surface area contributed by atoms with E-state index in [1.165, 1.54) is 5.56 Å². The average Bonchev–Trinajstić information content (AvgIpc) is 2.73. The summed E-state index contributed by atoms with van der Waals surface area (Å²) in [6.07, 6.45) is 3.09. The van der Waals surface area contributed by atoms with Gasteiger partial charge in [-0.25, -0.2) is 0 Å². The first kappa shape index (κ1) is 15.0. The Bertz CT molecular complexity index is 618. The second-order valence-electron chi connectivity index (χ2n) is 5.23. The number of hydrogen-bond donors (Lipinski definition) is 2. The quantitative estimate of drug-likeness (QED) is 0.882. The van der Waals surface area contributed by atoms with Crippen LogP contribution in [0.2, 0.25) is 0 Å². The monoisotopic (exact) mass is 290 g/mol. The number of aromatic nitrogens is 1. The van der Waals surface area contributed by atoms with Crippen LogP contribution in [-0.2, 0) is 0 Å². The van der Waals surface area contributed by atoms with Crippen LogP contribution in [0.1, 0.15) is 35.0 Å². The minimum atomic E-state index is 0.0125. The van der Waals surface area contributed by atoms with Crippen LogP contribution in [0.15, 0.2) is 18.2 Å². The maximum absolute atomic E-state index is 12.1. The van der Waals surface area contributed by atoms with Gasteiger partial charge in [-0.2, -0.15) is 11.8 Å². The van der Waals surface area contributed by atoms with Crippen LogP contribution >= 0.6 is 11.8 Å². The lowest BCUT2D eigenvalue weighted by Crippen LogP contribution is -2.25. The molecule has 0 aliphatic heterocycles. The summed E-state index contributed by atoms with van der Waals surface area (Å²) in [5, 5.41) is 4.70. The van der Waals surface area contributed by atoms with E-state index >= 15 is 0 Å². The van der Waals surface area contributed by atoms with Crippen molar-refractivity contribution in [3.05, 3.63) is 35.0 Å². The second-order valence-corrected chi connectivity index (χ2v) is 6.50. The minimum Gasteiger partial charge on any atom is -0.358 e. The molecule has 2 N–H and O–H groups in total. The Labute approximate surface area is 124 Å². The predicted octanol–water partition coefficient (Wildman–Crippen LogP) is 3.66. The SMILES string of the molecule is CSC(C)CCNC(=O)c1ccc2[nH]c(C)c(C)c2c1. The van der Waals surface area contributed by atoms with Gasteiger partial charge in [0.2, 0.25) is 0 Å². The number of carbonyl (C=O) groups excluding carboxylic acids is 1. The topological polar surface area (TPSA) is 44.9 Å². The molecule has 1 aromatic heterocycles. The summed E-state index contributed by atoms with van der Waals surface area (Å²) < 4.78 is 0. The van der Waals surface area contributed by atoms with E-state index in [0.29, 0.717) is 5.25 Å². The lowest BCUT2D eigenvalue weighted by atomic mass is 10.1. The molecule has 2 rings (SSSR count). The number of aryl methyl sites for hydroxylation is 2. The van der Waals surface area contributed by atoms with Crippen LogP contribution < -0.4 is 5.32 Å². The van der Waals surface area contributed by atoms with E-state index < -0.39 is 0 Å². The zero-order chi connectivity index (χ0) is 14.7. The Kier molecular flexibility index (Phi) is 4.76. The summed E-state index contributed by atoms with van der Waals surface area (Å²) >= 11 is 1.82. The highest BCUT2D eigenvalue weighted by Gasteiger charge is 2.10. The molecule has 1 heterocycles. The average molecular weight is 290 g/mol. The predicted molar refractivity (Wildman–Crippen MR) is 87.7 cm³/mol. The summed E-state index contributed by atoms with van der Waals surface area (Å²) in [5.41, 5.74) is 4.20. The first-order valence-corrected chi connectivity index (χ1v) is 8.21. The maximum Gasteiger partial charge on any atom is 0.251 e. The fourth-order valence-electron chi connectivity index (χ4n) is 2.21. The van der Waals surface area contributed by atoms with E-state index in [4.69, 9.17) is 0 Å². The highest BCUT2D eigenvalue weighted by Crippen LogP contribution is 2.22. The third kappa shape index (κ3) is 3.18. The van der Waals surface area contributed by atoms with Gasteiger partial charge in [-0.1, -0.05) is 6.92 Å². The normalized spacial score (nSPS) is 12.6. The fourth-order valence-corrected chi connectivity index (χ4v) is 2.56. The molecular weight excluding hydrogens is 268 g/mol. The van der Waals surface area contributed by atoms with Gasteiger partial charge in [0.1, 0.15) is 0 Å². The first-order chi connectivity index (χ1) is 9.52. The Morgan fingerprint density at radius 1 is 1.40 bits per heavy atom. The van der Waals surface area contributed by atoms with Crippen LogP contribution in [0.5, 0.6) is 0 Å². The lowest BCUT2D eigenvalue weighted by Gasteiger charge is -2.09. The molecule has 0 fully saturated rings. The van der Waals surface area contributed by atoms with Gasteiger partial charge in [0, 0.05) is 34.0 Å². The Morgan fingerprint density at radius 2 is 2.15 bits per heavy atom. The molecular formula is C16H22N2OS. The van der Waals surface area contributed by atoms with Crippen LogP contribution in [0.4, 0.5) is 0 Å². The van der Waals surface area contributed by atoms with E-state index in [2.05, 4.69) is 37.3 Å². The number of nitrogens with one attached hydrogen (secondary N) is 2. The second kappa shape index (κ2) is 6.35. The van der Waals surface area contributed by atoms with Gasteiger partial charge in [0.15, 0.2) is 0 Å². The van der Waals surface area contributed by atoms with E-state index in [0.717, 1.165) is 35.1 Å². The summed E-state index contributed by atoms with van der Waals surface area (Å²) in [6.45, 7) is 7.04. The molecule has 0 aliphatic rings. The summed E-state index contributed by atoms with van der Waals surface area (Å²) in [5.74, 6) is 0.0125. The van der Waals surface area contributed by atoms with Crippen LogP contribution in [0.25, 0.3) is 10.9 Å². The molecule has 0 spiro atoms. The van der Waals surface area contributed by atoms with Gasteiger partial charge in [0.25, 0.3) is 5.91 Å². The number of fused-ring (bicyclic) bond motifs is 1.